The van der Waals surface area contributed by atoms with Gasteiger partial charge in [0.05, 0.1) is 17.0 Å². The van der Waals surface area contributed by atoms with Crippen molar-refractivity contribution in [1.29, 1.82) is 0 Å². The number of nitrogens with zero attached hydrogens (tertiary/aromatic N) is 2. The number of halogens is 6. The van der Waals surface area contributed by atoms with Crippen LogP contribution in [0.15, 0.2) is 24.3 Å². The predicted molar refractivity (Wildman–Crippen MR) is 140 cm³/mol. The molecule has 12 heteroatoms. The molecule has 0 bridgehead atoms. The molecule has 0 radical (unpaired) electrons. The van der Waals surface area contributed by atoms with Crippen molar-refractivity contribution in [3.05, 3.63) is 52.8 Å². The normalized spacial score (nSPS) is 18.2. The number of hydrogen-bond donors (Lipinski definition) is 3. The van der Waals surface area contributed by atoms with Gasteiger partial charge < -0.3 is 20.5 Å². The molecular formula is C28H33F6N5O. The van der Waals surface area contributed by atoms with Gasteiger partial charge in [-0.1, -0.05) is 26.8 Å². The summed E-state index contributed by atoms with van der Waals surface area (Å²) in [6.45, 7) is 5.12. The van der Waals surface area contributed by atoms with Crippen molar-refractivity contribution in [1.82, 2.24) is 20.2 Å². The molecule has 0 aliphatic heterocycles. The highest BCUT2D eigenvalue weighted by Gasteiger charge is 2.41. The first kappa shape index (κ1) is 29.7. The van der Waals surface area contributed by atoms with E-state index in [0.717, 1.165) is 6.07 Å². The van der Waals surface area contributed by atoms with Crippen LogP contribution in [0.1, 0.15) is 57.6 Å². The number of carbonyl (C=O) groups excluding carboxylic acids is 1. The Balaban J connectivity index is 1.48. The van der Waals surface area contributed by atoms with Crippen molar-refractivity contribution in [3.63, 3.8) is 0 Å². The van der Waals surface area contributed by atoms with E-state index in [1.54, 1.807) is 27.8 Å². The molecule has 0 unspecified atom stereocenters. The summed E-state index contributed by atoms with van der Waals surface area (Å²) >= 11 is 0. The number of amides is 1. The van der Waals surface area contributed by atoms with Gasteiger partial charge in [-0.25, -0.2) is 18.2 Å². The Morgan fingerprint density at radius 1 is 0.975 bits per heavy atom. The maximum absolute atomic E-state index is 15.2. The number of rotatable bonds is 7. The van der Waals surface area contributed by atoms with Crippen LogP contribution < -0.4 is 16.0 Å². The Bertz CT molecular complexity index is 1390. The van der Waals surface area contributed by atoms with E-state index in [4.69, 9.17) is 0 Å². The van der Waals surface area contributed by atoms with Gasteiger partial charge in [0.2, 0.25) is 11.9 Å². The first-order chi connectivity index (χ1) is 18.6. The minimum atomic E-state index is -4.19. The standard InChI is InChI=1S/C28H33F6N5O/c1-27(2,3)25(40)36-13-15-5-10-19(29)24(23(15)31)38-26-37-21-11-16(20(30)12-22(21)39(26)4)14-35-18-8-6-17(7-9-18)28(32,33)34/h5,10-12,17-18,35H,6-9,13-14H2,1-4H3,(H,36,40)(H,37,38). The highest BCUT2D eigenvalue weighted by atomic mass is 19.4. The number of nitrogens with one attached hydrogen (secondary N) is 3. The van der Waals surface area contributed by atoms with Crippen LogP contribution in [0.25, 0.3) is 11.0 Å². The summed E-state index contributed by atoms with van der Waals surface area (Å²) < 4.78 is 85.0. The quantitative estimate of drug-likeness (QED) is 0.280. The lowest BCUT2D eigenvalue weighted by atomic mass is 9.85. The Hall–Kier alpha value is -3.28. The molecule has 1 aliphatic carbocycles. The Labute approximate surface area is 228 Å². The van der Waals surface area contributed by atoms with Crippen LogP contribution in [0.5, 0.6) is 0 Å². The van der Waals surface area contributed by atoms with E-state index in [1.807, 2.05) is 0 Å². The average Bonchev–Trinajstić information content (AvgIpc) is 3.17. The topological polar surface area (TPSA) is 71.0 Å². The molecule has 4 rings (SSSR count). The summed E-state index contributed by atoms with van der Waals surface area (Å²) in [7, 11) is 1.57. The number of aromatic nitrogens is 2. The van der Waals surface area contributed by atoms with Gasteiger partial charge in [-0.2, -0.15) is 13.2 Å². The van der Waals surface area contributed by atoms with E-state index in [9.17, 15) is 26.7 Å². The van der Waals surface area contributed by atoms with Gasteiger partial charge in [0.25, 0.3) is 0 Å². The van der Waals surface area contributed by atoms with Gasteiger partial charge in [0.1, 0.15) is 17.3 Å². The lowest BCUT2D eigenvalue weighted by Gasteiger charge is -2.30. The van der Waals surface area contributed by atoms with Crippen LogP contribution in [0, 0.1) is 28.8 Å². The SMILES string of the molecule is Cn1c(Nc2c(F)ccc(CNC(=O)C(C)(C)C)c2F)nc2cc(CNC3CCC(C(F)(F)F)CC3)c(F)cc21. The summed E-state index contributed by atoms with van der Waals surface area (Å²) in [5.41, 5.74) is -0.0334. The highest BCUT2D eigenvalue weighted by molar-refractivity contribution is 5.82. The second-order valence-electron chi connectivity index (χ2n) is 11.4. The fourth-order valence-corrected chi connectivity index (χ4v) is 4.78. The van der Waals surface area contributed by atoms with Crippen LogP contribution in [0.2, 0.25) is 0 Å². The molecule has 3 aromatic rings. The lowest BCUT2D eigenvalue weighted by molar-refractivity contribution is -0.182. The van der Waals surface area contributed by atoms with E-state index in [1.165, 1.54) is 22.8 Å². The minimum absolute atomic E-state index is 0.0369. The van der Waals surface area contributed by atoms with Crippen molar-refractivity contribution >= 4 is 28.6 Å². The molecule has 3 N–H and O–H groups in total. The fourth-order valence-electron chi connectivity index (χ4n) is 4.78. The largest absolute Gasteiger partial charge is 0.391 e. The molecule has 40 heavy (non-hydrogen) atoms. The summed E-state index contributed by atoms with van der Waals surface area (Å²) in [5.74, 6) is -3.81. The predicted octanol–water partition coefficient (Wildman–Crippen LogP) is 6.61. The number of hydrogen-bond acceptors (Lipinski definition) is 4. The molecule has 1 fully saturated rings. The first-order valence-corrected chi connectivity index (χ1v) is 13.1. The molecule has 1 heterocycles. The summed E-state index contributed by atoms with van der Waals surface area (Å²) in [5, 5.41) is 8.43. The van der Waals surface area contributed by atoms with E-state index in [-0.39, 0.29) is 55.0 Å². The number of aryl methyl sites for hydroxylation is 1. The number of carbonyl (C=O) groups is 1. The maximum Gasteiger partial charge on any atom is 0.391 e. The van der Waals surface area contributed by atoms with Crippen LogP contribution >= 0.6 is 0 Å². The monoisotopic (exact) mass is 569 g/mol. The van der Waals surface area contributed by atoms with Crippen molar-refractivity contribution < 1.29 is 31.1 Å². The number of alkyl halides is 3. The third-order valence-electron chi connectivity index (χ3n) is 7.35. The molecule has 1 aromatic heterocycles. The molecule has 0 spiro atoms. The summed E-state index contributed by atoms with van der Waals surface area (Å²) in [6, 6.07) is 4.95. The molecule has 6 nitrogen and oxygen atoms in total. The van der Waals surface area contributed by atoms with Gasteiger partial charge in [-0.15, -0.1) is 0 Å². The second kappa shape index (κ2) is 11.3. The molecule has 218 valence electrons. The van der Waals surface area contributed by atoms with Crippen LogP contribution in [0.3, 0.4) is 0 Å². The molecule has 1 aliphatic rings. The fraction of sp³-hybridized carbons (Fsp3) is 0.500. The highest BCUT2D eigenvalue weighted by Crippen LogP contribution is 2.37. The first-order valence-electron chi connectivity index (χ1n) is 13.1. The van der Waals surface area contributed by atoms with Crippen molar-refractivity contribution in [2.75, 3.05) is 5.32 Å². The Kier molecular flexibility index (Phi) is 8.39. The van der Waals surface area contributed by atoms with Gasteiger partial charge in [0, 0.05) is 48.8 Å². The number of fused-ring (bicyclic) bond motifs is 1. The zero-order valence-corrected chi connectivity index (χ0v) is 22.8. The number of imidazole rings is 1. The zero-order valence-electron chi connectivity index (χ0n) is 22.8. The smallest absolute Gasteiger partial charge is 0.351 e. The van der Waals surface area contributed by atoms with Crippen LogP contribution in [-0.2, 0) is 24.9 Å². The number of anilines is 2. The van der Waals surface area contributed by atoms with Gasteiger partial charge in [-0.05, 0) is 37.8 Å². The molecule has 1 saturated carbocycles. The van der Waals surface area contributed by atoms with Gasteiger partial charge in [-0.3, -0.25) is 4.79 Å². The van der Waals surface area contributed by atoms with Crippen molar-refractivity contribution in [3.8, 4) is 0 Å². The van der Waals surface area contributed by atoms with E-state index < -0.39 is 40.6 Å². The van der Waals surface area contributed by atoms with Crippen molar-refractivity contribution in [2.24, 2.45) is 18.4 Å². The third-order valence-corrected chi connectivity index (χ3v) is 7.35. The van der Waals surface area contributed by atoms with E-state index in [2.05, 4.69) is 20.9 Å². The third kappa shape index (κ3) is 6.54. The van der Waals surface area contributed by atoms with E-state index >= 15 is 4.39 Å². The Morgan fingerprint density at radius 2 is 1.65 bits per heavy atom. The average molecular weight is 570 g/mol. The summed E-state index contributed by atoms with van der Waals surface area (Å²) in [4.78, 5) is 16.6. The lowest BCUT2D eigenvalue weighted by Crippen LogP contribution is -2.36. The second-order valence-corrected chi connectivity index (χ2v) is 11.4. The van der Waals surface area contributed by atoms with Crippen LogP contribution in [0.4, 0.5) is 38.0 Å². The van der Waals surface area contributed by atoms with Gasteiger partial charge >= 0.3 is 6.18 Å². The number of benzene rings is 2. The maximum atomic E-state index is 15.2. The van der Waals surface area contributed by atoms with Crippen molar-refractivity contribution in [2.45, 2.75) is 71.8 Å². The zero-order chi connectivity index (χ0) is 29.4. The van der Waals surface area contributed by atoms with Crippen LogP contribution in [-0.4, -0.2) is 27.7 Å². The molecular weight excluding hydrogens is 536 g/mol. The van der Waals surface area contributed by atoms with E-state index in [0.29, 0.717) is 23.9 Å². The molecule has 2 aromatic carbocycles. The van der Waals surface area contributed by atoms with Gasteiger partial charge in [0.15, 0.2) is 5.82 Å². The molecule has 1 amide bonds. The molecule has 0 atom stereocenters. The summed E-state index contributed by atoms with van der Waals surface area (Å²) in [6.07, 6.45) is -3.42. The molecule has 0 saturated heterocycles. The Morgan fingerprint density at radius 3 is 2.27 bits per heavy atom. The minimum Gasteiger partial charge on any atom is -0.351 e.